The van der Waals surface area contributed by atoms with Crippen molar-refractivity contribution < 1.29 is 4.42 Å². The second-order valence-electron chi connectivity index (χ2n) is 6.13. The van der Waals surface area contributed by atoms with Crippen molar-refractivity contribution in [3.63, 3.8) is 0 Å². The Hall–Kier alpha value is -0.510. The van der Waals surface area contributed by atoms with Crippen molar-refractivity contribution in [2.24, 2.45) is 5.92 Å². The predicted octanol–water partition coefficient (Wildman–Crippen LogP) is 3.53. The van der Waals surface area contributed by atoms with Crippen LogP contribution in [0.2, 0.25) is 5.22 Å². The normalized spacial score (nSPS) is 27.9. The van der Waals surface area contributed by atoms with Crippen LogP contribution < -0.4 is 5.32 Å². The fraction of sp³-hybridized carbons (Fsp3) is 0.733. The standard InChI is InChI=1S/C15H25ClN2O/c1-12-5-4-8-15(9-12,18(2)3)11-17-10-13-6-7-14(16)19-13/h6-7,12,17H,4-5,8-11H2,1-3H3. The van der Waals surface area contributed by atoms with Gasteiger partial charge in [-0.25, -0.2) is 0 Å². The maximum absolute atomic E-state index is 5.78. The summed E-state index contributed by atoms with van der Waals surface area (Å²) in [5.41, 5.74) is 0.286. The number of likely N-dealkylation sites (N-methyl/N-ethyl adjacent to an activating group) is 1. The highest BCUT2D eigenvalue weighted by Crippen LogP contribution is 2.35. The third kappa shape index (κ3) is 3.74. The second-order valence-corrected chi connectivity index (χ2v) is 6.50. The number of furan rings is 1. The molecule has 0 aliphatic heterocycles. The molecule has 1 aliphatic carbocycles. The van der Waals surface area contributed by atoms with E-state index in [-0.39, 0.29) is 5.54 Å². The van der Waals surface area contributed by atoms with Crippen LogP contribution in [0.25, 0.3) is 0 Å². The molecule has 1 saturated carbocycles. The molecular weight excluding hydrogens is 260 g/mol. The smallest absolute Gasteiger partial charge is 0.193 e. The third-order valence-corrected chi connectivity index (χ3v) is 4.60. The monoisotopic (exact) mass is 284 g/mol. The first-order valence-electron chi connectivity index (χ1n) is 7.14. The first-order chi connectivity index (χ1) is 9.02. The minimum absolute atomic E-state index is 0.286. The lowest BCUT2D eigenvalue weighted by Gasteiger charge is -2.45. The fourth-order valence-electron chi connectivity index (χ4n) is 3.22. The van der Waals surface area contributed by atoms with E-state index in [1.807, 2.05) is 6.07 Å². The van der Waals surface area contributed by atoms with Crippen LogP contribution in [0, 0.1) is 5.92 Å². The number of nitrogens with zero attached hydrogens (tertiary/aromatic N) is 1. The van der Waals surface area contributed by atoms with E-state index in [0.717, 1.165) is 24.8 Å². The zero-order valence-electron chi connectivity index (χ0n) is 12.2. The van der Waals surface area contributed by atoms with Crippen molar-refractivity contribution in [3.8, 4) is 0 Å². The molecular formula is C15H25ClN2O. The van der Waals surface area contributed by atoms with Crippen molar-refractivity contribution in [3.05, 3.63) is 23.1 Å². The Morgan fingerprint density at radius 2 is 2.26 bits per heavy atom. The van der Waals surface area contributed by atoms with E-state index in [4.69, 9.17) is 16.0 Å². The molecule has 3 nitrogen and oxygen atoms in total. The van der Waals surface area contributed by atoms with Crippen LogP contribution in [0.4, 0.5) is 0 Å². The number of rotatable bonds is 5. The Labute approximate surface area is 121 Å². The molecule has 1 N–H and O–H groups in total. The van der Waals surface area contributed by atoms with Crippen molar-refractivity contribution >= 4 is 11.6 Å². The maximum atomic E-state index is 5.78. The van der Waals surface area contributed by atoms with Gasteiger partial charge in [0.1, 0.15) is 5.76 Å². The number of hydrogen-bond donors (Lipinski definition) is 1. The van der Waals surface area contributed by atoms with E-state index < -0.39 is 0 Å². The Balaban J connectivity index is 1.90. The van der Waals surface area contributed by atoms with Gasteiger partial charge >= 0.3 is 0 Å². The third-order valence-electron chi connectivity index (χ3n) is 4.40. The minimum atomic E-state index is 0.286. The molecule has 0 radical (unpaired) electrons. The zero-order valence-corrected chi connectivity index (χ0v) is 13.0. The summed E-state index contributed by atoms with van der Waals surface area (Å²) in [6.45, 7) is 4.11. The largest absolute Gasteiger partial charge is 0.448 e. The van der Waals surface area contributed by atoms with Crippen molar-refractivity contribution in [2.45, 2.75) is 44.7 Å². The lowest BCUT2D eigenvalue weighted by molar-refractivity contribution is 0.0745. The van der Waals surface area contributed by atoms with Crippen LogP contribution in [-0.2, 0) is 6.54 Å². The molecule has 2 unspecified atom stereocenters. The van der Waals surface area contributed by atoms with Crippen LogP contribution in [0.15, 0.2) is 16.5 Å². The molecule has 2 atom stereocenters. The molecule has 0 bridgehead atoms. The van der Waals surface area contributed by atoms with Crippen molar-refractivity contribution in [1.82, 2.24) is 10.2 Å². The molecule has 19 heavy (non-hydrogen) atoms. The molecule has 4 heteroatoms. The van der Waals surface area contributed by atoms with E-state index in [1.165, 1.54) is 25.7 Å². The molecule has 0 saturated heterocycles. The zero-order chi connectivity index (χ0) is 13.9. The lowest BCUT2D eigenvalue weighted by Crippen LogP contribution is -2.54. The van der Waals surface area contributed by atoms with E-state index in [0.29, 0.717) is 5.22 Å². The van der Waals surface area contributed by atoms with Crippen LogP contribution in [0.5, 0.6) is 0 Å². The topological polar surface area (TPSA) is 28.4 Å². The molecule has 2 rings (SSSR count). The van der Waals surface area contributed by atoms with Crippen LogP contribution in [0.3, 0.4) is 0 Å². The molecule has 0 amide bonds. The molecule has 0 spiro atoms. The highest BCUT2D eigenvalue weighted by molar-refractivity contribution is 6.28. The summed E-state index contributed by atoms with van der Waals surface area (Å²) >= 11 is 5.78. The van der Waals surface area contributed by atoms with Gasteiger partial charge in [0.2, 0.25) is 0 Å². The van der Waals surface area contributed by atoms with Crippen molar-refractivity contribution in [1.29, 1.82) is 0 Å². The summed E-state index contributed by atoms with van der Waals surface area (Å²) in [6, 6.07) is 3.73. The SMILES string of the molecule is CC1CCCC(CNCc2ccc(Cl)o2)(N(C)C)C1. The van der Waals surface area contributed by atoms with E-state index in [9.17, 15) is 0 Å². The quantitative estimate of drug-likeness (QED) is 0.897. The highest BCUT2D eigenvalue weighted by atomic mass is 35.5. The molecule has 108 valence electrons. The van der Waals surface area contributed by atoms with Gasteiger partial charge in [-0.05, 0) is 56.6 Å². The number of halogens is 1. The van der Waals surface area contributed by atoms with E-state index >= 15 is 0 Å². The minimum Gasteiger partial charge on any atom is -0.448 e. The Morgan fingerprint density at radius 1 is 1.47 bits per heavy atom. The lowest BCUT2D eigenvalue weighted by atomic mass is 9.75. The summed E-state index contributed by atoms with van der Waals surface area (Å²) in [7, 11) is 4.40. The van der Waals surface area contributed by atoms with Gasteiger partial charge < -0.3 is 14.6 Å². The molecule has 1 aromatic rings. The number of nitrogens with one attached hydrogen (secondary N) is 1. The molecule has 0 aromatic carbocycles. The fourth-order valence-corrected chi connectivity index (χ4v) is 3.38. The second kappa shape index (κ2) is 6.29. The summed E-state index contributed by atoms with van der Waals surface area (Å²) in [6.07, 6.45) is 5.24. The first-order valence-corrected chi connectivity index (χ1v) is 7.52. The highest BCUT2D eigenvalue weighted by Gasteiger charge is 2.36. The predicted molar refractivity (Wildman–Crippen MR) is 79.5 cm³/mol. The van der Waals surface area contributed by atoms with Gasteiger partial charge in [0.25, 0.3) is 0 Å². The van der Waals surface area contributed by atoms with Gasteiger partial charge in [-0.3, -0.25) is 0 Å². The Kier molecular flexibility index (Phi) is 4.93. The maximum Gasteiger partial charge on any atom is 0.193 e. The average molecular weight is 285 g/mol. The summed E-state index contributed by atoms with van der Waals surface area (Å²) < 4.78 is 5.38. The van der Waals surface area contributed by atoms with Crippen LogP contribution in [0.1, 0.15) is 38.4 Å². The summed E-state index contributed by atoms with van der Waals surface area (Å²) in [5.74, 6) is 1.72. The van der Waals surface area contributed by atoms with Gasteiger partial charge in [0.15, 0.2) is 5.22 Å². The molecule has 1 aliphatic rings. The summed E-state index contributed by atoms with van der Waals surface area (Å²) in [4.78, 5) is 2.39. The van der Waals surface area contributed by atoms with Gasteiger partial charge in [0, 0.05) is 12.1 Å². The number of hydrogen-bond acceptors (Lipinski definition) is 3. The van der Waals surface area contributed by atoms with E-state index in [2.05, 4.69) is 31.2 Å². The molecule has 1 fully saturated rings. The van der Waals surface area contributed by atoms with Gasteiger partial charge in [-0.1, -0.05) is 19.8 Å². The Morgan fingerprint density at radius 3 is 2.84 bits per heavy atom. The molecule has 1 aromatic heterocycles. The average Bonchev–Trinajstić information content (AvgIpc) is 2.75. The van der Waals surface area contributed by atoms with Gasteiger partial charge in [0.05, 0.1) is 6.54 Å². The van der Waals surface area contributed by atoms with E-state index in [1.54, 1.807) is 6.07 Å². The van der Waals surface area contributed by atoms with Crippen LogP contribution in [-0.4, -0.2) is 31.1 Å². The first kappa shape index (κ1) is 14.9. The molecule has 1 heterocycles. The van der Waals surface area contributed by atoms with Crippen molar-refractivity contribution in [2.75, 3.05) is 20.6 Å². The Bertz CT molecular complexity index is 405. The van der Waals surface area contributed by atoms with Gasteiger partial charge in [-0.2, -0.15) is 0 Å². The summed E-state index contributed by atoms with van der Waals surface area (Å²) in [5, 5.41) is 4.00. The van der Waals surface area contributed by atoms with Crippen LogP contribution >= 0.6 is 11.6 Å². The van der Waals surface area contributed by atoms with Gasteiger partial charge in [-0.15, -0.1) is 0 Å².